The number of amides is 1. The van der Waals surface area contributed by atoms with Crippen LogP contribution in [0.5, 0.6) is 0 Å². The van der Waals surface area contributed by atoms with E-state index in [0.717, 1.165) is 0 Å². The summed E-state index contributed by atoms with van der Waals surface area (Å²) in [7, 11) is 0. The van der Waals surface area contributed by atoms with Crippen LogP contribution in [0.4, 0.5) is 18.0 Å². The Morgan fingerprint density at radius 3 is 1.95 bits per heavy atom. The van der Waals surface area contributed by atoms with Crippen LogP contribution in [0.2, 0.25) is 0 Å². The molecule has 0 aromatic rings. The maximum Gasteiger partial charge on any atom is 0.422 e. The number of hydrogen-bond donors (Lipinski definition) is 1. The molecular weight excluding hydrogens is 291 g/mol. The van der Waals surface area contributed by atoms with Crippen molar-refractivity contribution in [2.24, 2.45) is 0 Å². The lowest BCUT2D eigenvalue weighted by Crippen LogP contribution is -2.63. The van der Waals surface area contributed by atoms with Crippen LogP contribution >= 0.6 is 11.6 Å². The van der Waals surface area contributed by atoms with E-state index in [0.29, 0.717) is 6.92 Å². The van der Waals surface area contributed by atoms with Gasteiger partial charge in [-0.15, -0.1) is 0 Å². The van der Waals surface area contributed by atoms with Crippen molar-refractivity contribution in [3.63, 3.8) is 0 Å². The van der Waals surface area contributed by atoms with Crippen LogP contribution in [0.25, 0.3) is 0 Å². The third-order valence-electron chi connectivity index (χ3n) is 1.91. The van der Waals surface area contributed by atoms with E-state index in [2.05, 4.69) is 9.47 Å². The molecule has 0 aromatic heterocycles. The second kappa shape index (κ2) is 5.85. The summed E-state index contributed by atoms with van der Waals surface area (Å²) in [5.41, 5.74) is -4.24. The summed E-state index contributed by atoms with van der Waals surface area (Å²) in [5, 5.41) is 1.46. The standard InChI is InChI=1S/C10H15ClF3NO4/c1-8(2,3)19-7(17)15-9(4,10(12,13)14)6(16)18-5-11/h5H2,1-4H3,(H,15,17). The van der Waals surface area contributed by atoms with Crippen molar-refractivity contribution in [2.45, 2.75) is 45.0 Å². The highest BCUT2D eigenvalue weighted by Gasteiger charge is 2.59. The molecule has 0 heterocycles. The van der Waals surface area contributed by atoms with Crippen LogP contribution in [-0.4, -0.2) is 35.4 Å². The number of carbonyl (C=O) groups is 2. The fourth-order valence-electron chi connectivity index (χ4n) is 0.939. The SMILES string of the molecule is CC(C)(C)OC(=O)NC(C)(C(=O)OCCl)C(F)(F)F. The summed E-state index contributed by atoms with van der Waals surface area (Å²) in [6, 6.07) is -0.763. The van der Waals surface area contributed by atoms with Gasteiger partial charge < -0.3 is 9.47 Å². The number of esters is 1. The summed E-state index contributed by atoms with van der Waals surface area (Å²) in [6.45, 7) is 4.86. The minimum atomic E-state index is -5.06. The fraction of sp³-hybridized carbons (Fsp3) is 0.800. The van der Waals surface area contributed by atoms with Gasteiger partial charge in [-0.25, -0.2) is 9.59 Å². The minimum absolute atomic E-state index is 0.464. The zero-order chi connectivity index (χ0) is 15.5. The van der Waals surface area contributed by atoms with Gasteiger partial charge >= 0.3 is 18.2 Å². The highest BCUT2D eigenvalue weighted by atomic mass is 35.5. The molecule has 1 amide bonds. The Bertz CT molecular complexity index is 354. The number of alkyl halides is 4. The molecule has 0 spiro atoms. The van der Waals surface area contributed by atoms with E-state index >= 15 is 0 Å². The molecule has 0 radical (unpaired) electrons. The van der Waals surface area contributed by atoms with E-state index in [-0.39, 0.29) is 0 Å². The molecule has 5 nitrogen and oxygen atoms in total. The molecule has 0 aliphatic heterocycles. The molecule has 19 heavy (non-hydrogen) atoms. The van der Waals surface area contributed by atoms with Gasteiger partial charge in [0.15, 0.2) is 6.07 Å². The Morgan fingerprint density at radius 1 is 1.16 bits per heavy atom. The molecule has 0 fully saturated rings. The summed E-state index contributed by atoms with van der Waals surface area (Å²) in [6.07, 6.45) is -6.45. The molecule has 0 saturated carbocycles. The zero-order valence-corrected chi connectivity index (χ0v) is 11.6. The second-order valence-electron chi connectivity index (χ2n) is 4.79. The van der Waals surface area contributed by atoms with Crippen molar-refractivity contribution < 1.29 is 32.2 Å². The third kappa shape index (κ3) is 5.14. The Kier molecular flexibility index (Phi) is 5.49. The van der Waals surface area contributed by atoms with Crippen LogP contribution in [0.1, 0.15) is 27.7 Å². The van der Waals surface area contributed by atoms with E-state index in [1.807, 2.05) is 0 Å². The van der Waals surface area contributed by atoms with Gasteiger partial charge in [0.25, 0.3) is 0 Å². The second-order valence-corrected chi connectivity index (χ2v) is 5.01. The highest BCUT2D eigenvalue weighted by Crippen LogP contribution is 2.31. The molecule has 9 heteroatoms. The van der Waals surface area contributed by atoms with Crippen molar-refractivity contribution in [3.8, 4) is 0 Å². The van der Waals surface area contributed by atoms with Gasteiger partial charge in [-0.3, -0.25) is 5.32 Å². The number of carbonyl (C=O) groups excluding carboxylic acids is 2. The monoisotopic (exact) mass is 305 g/mol. The normalized spacial score (nSPS) is 15.4. The lowest BCUT2D eigenvalue weighted by atomic mass is 10.0. The maximum atomic E-state index is 12.9. The lowest BCUT2D eigenvalue weighted by molar-refractivity contribution is -0.207. The predicted molar refractivity (Wildman–Crippen MR) is 60.6 cm³/mol. The van der Waals surface area contributed by atoms with Gasteiger partial charge in [0.2, 0.25) is 5.54 Å². The summed E-state index contributed by atoms with van der Waals surface area (Å²) in [5.74, 6) is -1.72. The number of rotatable bonds is 3. The topological polar surface area (TPSA) is 64.6 Å². The van der Waals surface area contributed by atoms with Gasteiger partial charge in [0.1, 0.15) is 5.60 Å². The fourth-order valence-corrected chi connectivity index (χ4v) is 1.04. The van der Waals surface area contributed by atoms with Crippen molar-refractivity contribution in [2.75, 3.05) is 6.07 Å². The molecular formula is C10H15ClF3NO4. The number of hydrogen-bond acceptors (Lipinski definition) is 4. The van der Waals surface area contributed by atoms with Crippen molar-refractivity contribution in [3.05, 3.63) is 0 Å². The first-order chi connectivity index (χ1) is 8.33. The zero-order valence-electron chi connectivity index (χ0n) is 10.9. The summed E-state index contributed by atoms with van der Waals surface area (Å²) >= 11 is 5.04. The third-order valence-corrected chi connectivity index (χ3v) is 2.02. The van der Waals surface area contributed by atoms with Crippen LogP contribution in [0, 0.1) is 0 Å². The molecule has 0 aromatic carbocycles. The van der Waals surface area contributed by atoms with Gasteiger partial charge in [-0.05, 0) is 27.7 Å². The van der Waals surface area contributed by atoms with E-state index < -0.39 is 35.4 Å². The smallest absolute Gasteiger partial charge is 0.422 e. The molecule has 0 aliphatic carbocycles. The van der Waals surface area contributed by atoms with E-state index in [1.54, 1.807) is 0 Å². The van der Waals surface area contributed by atoms with Gasteiger partial charge in [-0.1, -0.05) is 11.6 Å². The van der Waals surface area contributed by atoms with Gasteiger partial charge in [0, 0.05) is 0 Å². The number of ether oxygens (including phenoxy) is 2. The first-order valence-corrected chi connectivity index (χ1v) is 5.68. The predicted octanol–water partition coefficient (Wildman–Crippen LogP) is 2.57. The van der Waals surface area contributed by atoms with Gasteiger partial charge in [0.05, 0.1) is 0 Å². The summed E-state index contributed by atoms with van der Waals surface area (Å²) in [4.78, 5) is 22.7. The number of nitrogens with one attached hydrogen (secondary N) is 1. The highest BCUT2D eigenvalue weighted by molar-refractivity contribution is 6.17. The molecule has 0 bridgehead atoms. The maximum absolute atomic E-state index is 12.9. The quantitative estimate of drug-likeness (QED) is 0.643. The van der Waals surface area contributed by atoms with Gasteiger partial charge in [-0.2, -0.15) is 13.2 Å². The molecule has 1 unspecified atom stereocenters. The van der Waals surface area contributed by atoms with Crippen molar-refractivity contribution in [1.82, 2.24) is 5.32 Å². The Balaban J connectivity index is 5.10. The Morgan fingerprint density at radius 2 is 1.63 bits per heavy atom. The van der Waals surface area contributed by atoms with Crippen molar-refractivity contribution >= 4 is 23.7 Å². The van der Waals surface area contributed by atoms with E-state index in [9.17, 15) is 22.8 Å². The molecule has 1 N–H and O–H groups in total. The summed E-state index contributed by atoms with van der Waals surface area (Å²) < 4.78 is 47.3. The Hall–Kier alpha value is -1.18. The van der Waals surface area contributed by atoms with Crippen molar-refractivity contribution in [1.29, 1.82) is 0 Å². The van der Waals surface area contributed by atoms with Crippen LogP contribution < -0.4 is 5.32 Å². The minimum Gasteiger partial charge on any atom is -0.447 e. The lowest BCUT2D eigenvalue weighted by Gasteiger charge is -2.31. The largest absolute Gasteiger partial charge is 0.447 e. The molecule has 0 rings (SSSR count). The molecule has 0 saturated heterocycles. The van der Waals surface area contributed by atoms with Crippen LogP contribution in [0.15, 0.2) is 0 Å². The molecule has 1 atom stereocenters. The van der Waals surface area contributed by atoms with E-state index in [1.165, 1.54) is 26.1 Å². The van der Waals surface area contributed by atoms with Crippen LogP contribution in [-0.2, 0) is 14.3 Å². The first kappa shape index (κ1) is 17.8. The first-order valence-electron chi connectivity index (χ1n) is 5.14. The number of alkyl carbamates (subject to hydrolysis) is 1. The van der Waals surface area contributed by atoms with Crippen LogP contribution in [0.3, 0.4) is 0 Å². The average molecular weight is 306 g/mol. The average Bonchev–Trinajstić information content (AvgIpc) is 2.12. The molecule has 112 valence electrons. The number of halogens is 4. The Labute approximate surface area is 113 Å². The van der Waals surface area contributed by atoms with E-state index in [4.69, 9.17) is 11.6 Å². The molecule has 0 aliphatic rings.